The Labute approximate surface area is 163 Å². The number of rotatable bonds is 8. The quantitative estimate of drug-likeness (QED) is 0.315. The van der Waals surface area contributed by atoms with Crippen LogP contribution in [-0.2, 0) is 4.74 Å². The van der Waals surface area contributed by atoms with Gasteiger partial charge in [-0.25, -0.2) is 9.59 Å². The van der Waals surface area contributed by atoms with Gasteiger partial charge in [-0.15, -0.1) is 0 Å². The van der Waals surface area contributed by atoms with E-state index < -0.39 is 11.9 Å². The zero-order valence-corrected chi connectivity index (χ0v) is 16.0. The SMILES string of the molecule is CCCCCCOC(=O)c1ccccc1C(=O)Oc1ccc(Cl)c(Cl)c1. The molecule has 0 aliphatic rings. The summed E-state index contributed by atoms with van der Waals surface area (Å²) >= 11 is 11.8. The van der Waals surface area contributed by atoms with E-state index >= 15 is 0 Å². The highest BCUT2D eigenvalue weighted by atomic mass is 35.5. The van der Waals surface area contributed by atoms with Gasteiger partial charge in [0.15, 0.2) is 0 Å². The van der Waals surface area contributed by atoms with Crippen LogP contribution in [0.5, 0.6) is 5.75 Å². The Kier molecular flexibility index (Phi) is 7.95. The minimum Gasteiger partial charge on any atom is -0.462 e. The standard InChI is InChI=1S/C20H20Cl2O4/c1-2-3-4-7-12-25-19(23)15-8-5-6-9-16(15)20(24)26-14-10-11-17(21)18(22)13-14/h5-6,8-11,13H,2-4,7,12H2,1H3. The second kappa shape index (κ2) is 10.2. The summed E-state index contributed by atoms with van der Waals surface area (Å²) in [5, 5.41) is 0.634. The van der Waals surface area contributed by atoms with Gasteiger partial charge in [-0.05, 0) is 30.7 Å². The third kappa shape index (κ3) is 5.75. The highest BCUT2D eigenvalue weighted by Crippen LogP contribution is 2.27. The van der Waals surface area contributed by atoms with E-state index in [0.717, 1.165) is 25.7 Å². The van der Waals surface area contributed by atoms with Crippen molar-refractivity contribution < 1.29 is 19.1 Å². The van der Waals surface area contributed by atoms with E-state index in [4.69, 9.17) is 32.7 Å². The van der Waals surface area contributed by atoms with Gasteiger partial charge in [0.1, 0.15) is 5.75 Å². The molecule has 2 aromatic carbocycles. The Morgan fingerprint density at radius 3 is 2.23 bits per heavy atom. The number of carbonyl (C=O) groups excluding carboxylic acids is 2. The third-order valence-corrected chi connectivity index (χ3v) is 4.44. The smallest absolute Gasteiger partial charge is 0.344 e. The van der Waals surface area contributed by atoms with Crippen LogP contribution in [0.15, 0.2) is 42.5 Å². The van der Waals surface area contributed by atoms with Crippen molar-refractivity contribution in [2.75, 3.05) is 6.61 Å². The molecular formula is C20H20Cl2O4. The Balaban J connectivity index is 2.05. The molecule has 0 heterocycles. The van der Waals surface area contributed by atoms with Gasteiger partial charge in [0.05, 0.1) is 27.8 Å². The molecule has 0 radical (unpaired) electrons. The fourth-order valence-corrected chi connectivity index (χ4v) is 2.60. The van der Waals surface area contributed by atoms with E-state index in [2.05, 4.69) is 6.92 Å². The van der Waals surface area contributed by atoms with Crippen molar-refractivity contribution in [2.45, 2.75) is 32.6 Å². The first-order valence-electron chi connectivity index (χ1n) is 8.46. The maximum Gasteiger partial charge on any atom is 0.344 e. The van der Waals surface area contributed by atoms with Gasteiger partial charge in [0.2, 0.25) is 0 Å². The second-order valence-corrected chi connectivity index (χ2v) is 6.52. The summed E-state index contributed by atoms with van der Waals surface area (Å²) in [6.07, 6.45) is 4.02. The minimum absolute atomic E-state index is 0.136. The molecule has 0 aromatic heterocycles. The van der Waals surface area contributed by atoms with Gasteiger partial charge in [0, 0.05) is 6.07 Å². The summed E-state index contributed by atoms with van der Waals surface area (Å²) in [5.41, 5.74) is 0.310. The number of hydrogen-bond donors (Lipinski definition) is 0. The van der Waals surface area contributed by atoms with Crippen molar-refractivity contribution in [3.63, 3.8) is 0 Å². The molecule has 0 fully saturated rings. The van der Waals surface area contributed by atoms with Gasteiger partial charge in [-0.2, -0.15) is 0 Å². The largest absolute Gasteiger partial charge is 0.462 e. The summed E-state index contributed by atoms with van der Waals surface area (Å²) in [6, 6.07) is 10.9. The molecule has 0 unspecified atom stereocenters. The molecule has 2 aromatic rings. The summed E-state index contributed by atoms with van der Waals surface area (Å²) in [7, 11) is 0. The van der Waals surface area contributed by atoms with Gasteiger partial charge >= 0.3 is 11.9 Å². The van der Waals surface area contributed by atoms with Crippen LogP contribution in [0.2, 0.25) is 10.0 Å². The topological polar surface area (TPSA) is 52.6 Å². The number of carbonyl (C=O) groups is 2. The first-order valence-corrected chi connectivity index (χ1v) is 9.22. The van der Waals surface area contributed by atoms with E-state index in [1.165, 1.54) is 24.3 Å². The predicted octanol–water partition coefficient (Wildman–Crippen LogP) is 5.95. The Morgan fingerprint density at radius 2 is 1.58 bits per heavy atom. The zero-order valence-electron chi connectivity index (χ0n) is 14.5. The average molecular weight is 395 g/mol. The van der Waals surface area contributed by atoms with Crippen molar-refractivity contribution in [2.24, 2.45) is 0 Å². The summed E-state index contributed by atoms with van der Waals surface area (Å²) in [5.74, 6) is -0.961. The van der Waals surface area contributed by atoms with E-state index in [0.29, 0.717) is 11.6 Å². The van der Waals surface area contributed by atoms with Gasteiger partial charge in [0.25, 0.3) is 0 Å². The van der Waals surface area contributed by atoms with Crippen molar-refractivity contribution >= 4 is 35.1 Å². The van der Waals surface area contributed by atoms with E-state index in [1.807, 2.05) is 0 Å². The van der Waals surface area contributed by atoms with Crippen molar-refractivity contribution in [1.82, 2.24) is 0 Å². The van der Waals surface area contributed by atoms with Crippen LogP contribution >= 0.6 is 23.2 Å². The molecule has 0 spiro atoms. The molecule has 0 aliphatic carbocycles. The molecule has 0 aliphatic heterocycles. The van der Waals surface area contributed by atoms with Crippen LogP contribution in [-0.4, -0.2) is 18.5 Å². The Bertz CT molecular complexity index is 774. The molecule has 4 nitrogen and oxygen atoms in total. The Morgan fingerprint density at radius 1 is 0.885 bits per heavy atom. The monoisotopic (exact) mass is 394 g/mol. The van der Waals surface area contributed by atoms with Crippen molar-refractivity contribution in [3.05, 3.63) is 63.6 Å². The summed E-state index contributed by atoms with van der Waals surface area (Å²) in [6.45, 7) is 2.44. The number of ether oxygens (including phenoxy) is 2. The van der Waals surface area contributed by atoms with Gasteiger partial charge < -0.3 is 9.47 Å². The fraction of sp³-hybridized carbons (Fsp3) is 0.300. The molecule has 0 amide bonds. The first-order chi connectivity index (χ1) is 12.5. The molecule has 0 atom stereocenters. The maximum absolute atomic E-state index is 12.4. The number of esters is 2. The molecule has 0 N–H and O–H groups in total. The van der Waals surface area contributed by atoms with Crippen LogP contribution < -0.4 is 4.74 Å². The molecule has 6 heteroatoms. The van der Waals surface area contributed by atoms with Crippen LogP contribution in [0, 0.1) is 0 Å². The van der Waals surface area contributed by atoms with Gasteiger partial charge in [-0.1, -0.05) is 61.5 Å². The second-order valence-electron chi connectivity index (χ2n) is 5.71. The highest BCUT2D eigenvalue weighted by Gasteiger charge is 2.19. The van der Waals surface area contributed by atoms with Crippen LogP contribution in [0.3, 0.4) is 0 Å². The van der Waals surface area contributed by atoms with E-state index in [1.54, 1.807) is 18.2 Å². The van der Waals surface area contributed by atoms with E-state index in [9.17, 15) is 9.59 Å². The molecule has 0 saturated heterocycles. The summed E-state index contributed by atoms with van der Waals surface area (Å²) < 4.78 is 10.6. The average Bonchev–Trinajstić information content (AvgIpc) is 2.64. The lowest BCUT2D eigenvalue weighted by Crippen LogP contribution is -2.16. The fourth-order valence-electron chi connectivity index (χ4n) is 2.31. The summed E-state index contributed by atoms with van der Waals surface area (Å²) in [4.78, 5) is 24.7. The predicted molar refractivity (Wildman–Crippen MR) is 102 cm³/mol. The molecule has 0 saturated carbocycles. The lowest BCUT2D eigenvalue weighted by Gasteiger charge is -2.10. The normalized spacial score (nSPS) is 10.4. The molecular weight excluding hydrogens is 375 g/mol. The molecule has 0 bridgehead atoms. The minimum atomic E-state index is -0.665. The zero-order chi connectivity index (χ0) is 18.9. The number of benzene rings is 2. The third-order valence-electron chi connectivity index (χ3n) is 3.70. The first kappa shape index (κ1) is 20.3. The van der Waals surface area contributed by atoms with Crippen LogP contribution in [0.1, 0.15) is 53.3 Å². The van der Waals surface area contributed by atoms with Gasteiger partial charge in [-0.3, -0.25) is 0 Å². The molecule has 26 heavy (non-hydrogen) atoms. The lowest BCUT2D eigenvalue weighted by atomic mass is 10.1. The number of hydrogen-bond acceptors (Lipinski definition) is 4. The van der Waals surface area contributed by atoms with Crippen LogP contribution in [0.4, 0.5) is 0 Å². The van der Waals surface area contributed by atoms with Crippen LogP contribution in [0.25, 0.3) is 0 Å². The lowest BCUT2D eigenvalue weighted by molar-refractivity contribution is 0.0489. The maximum atomic E-state index is 12.4. The number of unbranched alkanes of at least 4 members (excludes halogenated alkanes) is 3. The molecule has 2 rings (SSSR count). The molecule has 138 valence electrons. The number of halogens is 2. The Hall–Kier alpha value is -2.04. The van der Waals surface area contributed by atoms with E-state index in [-0.39, 0.29) is 21.9 Å². The highest BCUT2D eigenvalue weighted by molar-refractivity contribution is 6.42. The van der Waals surface area contributed by atoms with Crippen molar-refractivity contribution in [3.8, 4) is 5.75 Å². The van der Waals surface area contributed by atoms with Crippen molar-refractivity contribution in [1.29, 1.82) is 0 Å².